The van der Waals surface area contributed by atoms with Crippen molar-refractivity contribution in [3.8, 4) is 0 Å². The zero-order chi connectivity index (χ0) is 13.4. The van der Waals surface area contributed by atoms with Gasteiger partial charge < -0.3 is 0 Å². The Kier molecular flexibility index (Phi) is 3.48. The first-order valence-electron chi connectivity index (χ1n) is 6.61. The highest BCUT2D eigenvalue weighted by Crippen LogP contribution is 2.40. The molecule has 0 N–H and O–H groups in total. The molecule has 0 amide bonds. The van der Waals surface area contributed by atoms with Gasteiger partial charge in [0.25, 0.3) is 0 Å². The van der Waals surface area contributed by atoms with E-state index in [1.54, 1.807) is 0 Å². The van der Waals surface area contributed by atoms with Gasteiger partial charge in [0.05, 0.1) is 0 Å². The molecule has 1 aliphatic rings. The van der Waals surface area contributed by atoms with Crippen LogP contribution in [0.1, 0.15) is 57.6 Å². The second-order valence-corrected chi connectivity index (χ2v) is 6.29. The third-order valence-corrected chi connectivity index (χ3v) is 3.72. The number of hydrogen-bond donors (Lipinski definition) is 0. The molecule has 2 heteroatoms. The Balaban J connectivity index is 2.15. The average molecular weight is 251 g/mol. The topological polar surface area (TPSA) is 0 Å². The Morgan fingerprint density at radius 2 is 1.67 bits per heavy atom. The summed E-state index contributed by atoms with van der Waals surface area (Å²) in [6, 6.07) is 8.37. The molecule has 0 heterocycles. The summed E-state index contributed by atoms with van der Waals surface area (Å²) >= 11 is 0. The second-order valence-electron chi connectivity index (χ2n) is 6.29. The molecule has 2 rings (SSSR count). The molecular formula is C16H21F2. The highest BCUT2D eigenvalue weighted by atomic mass is 19.3. The van der Waals surface area contributed by atoms with Gasteiger partial charge in [0.1, 0.15) is 0 Å². The Bertz CT molecular complexity index is 405. The summed E-state index contributed by atoms with van der Waals surface area (Å²) in [5.41, 5.74) is 2.53. The van der Waals surface area contributed by atoms with Gasteiger partial charge in [-0.05, 0) is 29.4 Å². The van der Waals surface area contributed by atoms with Gasteiger partial charge in [-0.15, -0.1) is 0 Å². The van der Waals surface area contributed by atoms with Crippen LogP contribution >= 0.6 is 0 Å². The minimum Gasteiger partial charge on any atom is -0.207 e. The Hall–Kier alpha value is -0.920. The fraction of sp³-hybridized carbons (Fsp3) is 0.562. The predicted octanol–water partition coefficient (Wildman–Crippen LogP) is 5.12. The van der Waals surface area contributed by atoms with Crippen molar-refractivity contribution in [2.24, 2.45) is 0 Å². The molecule has 0 bridgehead atoms. The van der Waals surface area contributed by atoms with E-state index in [1.165, 1.54) is 11.5 Å². The van der Waals surface area contributed by atoms with Gasteiger partial charge in [0.2, 0.25) is 5.92 Å². The molecule has 1 aromatic rings. The fourth-order valence-corrected chi connectivity index (χ4v) is 2.41. The molecule has 1 radical (unpaired) electrons. The van der Waals surface area contributed by atoms with Crippen LogP contribution in [-0.2, 0) is 5.41 Å². The van der Waals surface area contributed by atoms with Crippen LogP contribution in [0, 0.1) is 5.92 Å². The van der Waals surface area contributed by atoms with Crippen LogP contribution in [0.2, 0.25) is 0 Å². The lowest BCUT2D eigenvalue weighted by atomic mass is 9.79. The number of rotatable bonds is 1. The largest absolute Gasteiger partial charge is 0.248 e. The van der Waals surface area contributed by atoms with Gasteiger partial charge in [0.15, 0.2) is 0 Å². The third-order valence-electron chi connectivity index (χ3n) is 3.72. The second kappa shape index (κ2) is 4.64. The molecule has 0 nitrogen and oxygen atoms in total. The summed E-state index contributed by atoms with van der Waals surface area (Å²) in [6.07, 6.45) is 1.06. The first-order chi connectivity index (χ1) is 8.28. The minimum atomic E-state index is -2.45. The van der Waals surface area contributed by atoms with E-state index >= 15 is 0 Å². The molecule has 0 spiro atoms. The molecule has 0 atom stereocenters. The lowest BCUT2D eigenvalue weighted by Gasteiger charge is -2.29. The molecule has 1 saturated carbocycles. The van der Waals surface area contributed by atoms with Crippen LogP contribution in [0.4, 0.5) is 8.78 Å². The van der Waals surface area contributed by atoms with Crippen LogP contribution < -0.4 is 0 Å². The first kappa shape index (κ1) is 13.5. The SMILES string of the molecule is CC(C)(C)c1cccc([C]2CCC(F)(F)CC2)c1. The summed E-state index contributed by atoms with van der Waals surface area (Å²) in [6.45, 7) is 6.52. The molecule has 0 unspecified atom stereocenters. The van der Waals surface area contributed by atoms with Crippen molar-refractivity contribution in [1.29, 1.82) is 0 Å². The summed E-state index contributed by atoms with van der Waals surface area (Å²) < 4.78 is 26.3. The molecular weight excluding hydrogens is 230 g/mol. The van der Waals surface area contributed by atoms with Crippen molar-refractivity contribution in [2.45, 2.75) is 57.8 Å². The van der Waals surface area contributed by atoms with E-state index in [-0.39, 0.29) is 18.3 Å². The van der Waals surface area contributed by atoms with Crippen LogP contribution in [0.25, 0.3) is 0 Å². The summed E-state index contributed by atoms with van der Waals surface area (Å²) in [5.74, 6) is -1.27. The Labute approximate surface area is 108 Å². The van der Waals surface area contributed by atoms with Crippen molar-refractivity contribution in [2.75, 3.05) is 0 Å². The van der Waals surface area contributed by atoms with Crippen molar-refractivity contribution >= 4 is 0 Å². The van der Waals surface area contributed by atoms with E-state index in [4.69, 9.17) is 0 Å². The number of hydrogen-bond acceptors (Lipinski definition) is 0. The maximum Gasteiger partial charge on any atom is 0.248 e. The highest BCUT2D eigenvalue weighted by Gasteiger charge is 2.35. The van der Waals surface area contributed by atoms with Crippen molar-refractivity contribution in [3.63, 3.8) is 0 Å². The number of alkyl halides is 2. The molecule has 1 aromatic carbocycles. The third kappa shape index (κ3) is 3.09. The van der Waals surface area contributed by atoms with Gasteiger partial charge in [-0.3, -0.25) is 0 Å². The van der Waals surface area contributed by atoms with Crippen LogP contribution in [0.15, 0.2) is 24.3 Å². The van der Waals surface area contributed by atoms with E-state index in [1.807, 2.05) is 12.1 Å². The lowest BCUT2D eigenvalue weighted by Crippen LogP contribution is -2.24. The van der Waals surface area contributed by atoms with Crippen molar-refractivity contribution < 1.29 is 8.78 Å². The molecule has 0 aliphatic heterocycles. The van der Waals surface area contributed by atoms with Crippen molar-refractivity contribution in [3.05, 3.63) is 41.3 Å². The summed E-state index contributed by atoms with van der Waals surface area (Å²) in [7, 11) is 0. The molecule has 0 saturated heterocycles. The normalized spacial score (nSPS) is 20.9. The Morgan fingerprint density at radius 1 is 1.06 bits per heavy atom. The van der Waals surface area contributed by atoms with Crippen LogP contribution in [0.5, 0.6) is 0 Å². The molecule has 1 fully saturated rings. The van der Waals surface area contributed by atoms with Gasteiger partial charge in [-0.1, -0.05) is 45.0 Å². The van der Waals surface area contributed by atoms with Gasteiger partial charge in [-0.25, -0.2) is 8.78 Å². The standard InChI is InChI=1S/C16H21F2/c1-15(2,3)14-6-4-5-13(11-14)12-7-9-16(17,18)10-8-12/h4-6,11H,7-10H2,1-3H3. The molecule has 18 heavy (non-hydrogen) atoms. The maximum atomic E-state index is 13.1. The zero-order valence-electron chi connectivity index (χ0n) is 11.4. The van der Waals surface area contributed by atoms with Crippen LogP contribution in [0.3, 0.4) is 0 Å². The van der Waals surface area contributed by atoms with E-state index in [9.17, 15) is 8.78 Å². The monoisotopic (exact) mass is 251 g/mol. The Morgan fingerprint density at radius 3 is 2.22 bits per heavy atom. The van der Waals surface area contributed by atoms with E-state index in [0.29, 0.717) is 12.8 Å². The number of halogens is 2. The minimum absolute atomic E-state index is 0.00206. The average Bonchev–Trinajstić information content (AvgIpc) is 2.28. The summed E-state index contributed by atoms with van der Waals surface area (Å²) in [5, 5.41) is 0. The molecule has 1 aliphatic carbocycles. The molecule has 0 aromatic heterocycles. The predicted molar refractivity (Wildman–Crippen MR) is 70.9 cm³/mol. The smallest absolute Gasteiger partial charge is 0.207 e. The van der Waals surface area contributed by atoms with E-state index < -0.39 is 5.92 Å². The van der Waals surface area contributed by atoms with Gasteiger partial charge >= 0.3 is 0 Å². The quantitative estimate of drug-likeness (QED) is 0.650. The number of benzene rings is 1. The van der Waals surface area contributed by atoms with Gasteiger partial charge in [-0.2, -0.15) is 0 Å². The zero-order valence-corrected chi connectivity index (χ0v) is 11.4. The summed E-state index contributed by atoms with van der Waals surface area (Å²) in [4.78, 5) is 0. The van der Waals surface area contributed by atoms with Crippen molar-refractivity contribution in [1.82, 2.24) is 0 Å². The van der Waals surface area contributed by atoms with Gasteiger partial charge in [0, 0.05) is 18.8 Å². The van der Waals surface area contributed by atoms with E-state index in [0.717, 1.165) is 5.56 Å². The highest BCUT2D eigenvalue weighted by molar-refractivity contribution is 5.37. The fourth-order valence-electron chi connectivity index (χ4n) is 2.41. The van der Waals surface area contributed by atoms with E-state index in [2.05, 4.69) is 32.9 Å². The maximum absolute atomic E-state index is 13.1. The first-order valence-corrected chi connectivity index (χ1v) is 6.61. The lowest BCUT2D eigenvalue weighted by molar-refractivity contribution is -0.0283. The van der Waals surface area contributed by atoms with Crippen LogP contribution in [-0.4, -0.2) is 5.92 Å². The molecule has 99 valence electrons.